The predicted octanol–water partition coefficient (Wildman–Crippen LogP) is 7.45. The van der Waals surface area contributed by atoms with Gasteiger partial charge in [0.15, 0.2) is 0 Å². The standard InChI is InChI=1S/C25H14ClNO/c26-17-13-20(16-7-2-1-3-8-16)22(15-27)21(14-17)18-10-6-12-24-25(18)19-9-4-5-11-23(19)28-24/h1-14H. The largest absolute Gasteiger partial charge is 0.456 e. The summed E-state index contributed by atoms with van der Waals surface area (Å²) in [7, 11) is 0. The van der Waals surface area contributed by atoms with E-state index in [1.165, 1.54) is 0 Å². The minimum absolute atomic E-state index is 0.595. The molecular weight excluding hydrogens is 366 g/mol. The average Bonchev–Trinajstić information content (AvgIpc) is 3.12. The molecule has 1 aromatic heterocycles. The van der Waals surface area contributed by atoms with E-state index in [-0.39, 0.29) is 0 Å². The Morgan fingerprint density at radius 2 is 1.43 bits per heavy atom. The predicted molar refractivity (Wildman–Crippen MR) is 114 cm³/mol. The Hall–Kier alpha value is -3.54. The molecule has 0 bridgehead atoms. The van der Waals surface area contributed by atoms with E-state index in [9.17, 15) is 5.26 Å². The molecule has 0 aliphatic rings. The Bertz CT molecular complexity index is 1380. The van der Waals surface area contributed by atoms with Gasteiger partial charge in [-0.3, -0.25) is 0 Å². The quantitative estimate of drug-likeness (QED) is 0.319. The molecule has 0 radical (unpaired) electrons. The van der Waals surface area contributed by atoms with Gasteiger partial charge in [0.1, 0.15) is 17.2 Å². The average molecular weight is 380 g/mol. The van der Waals surface area contributed by atoms with Crippen molar-refractivity contribution < 1.29 is 4.42 Å². The number of fused-ring (bicyclic) bond motifs is 3. The molecule has 0 unspecified atom stereocenters. The highest BCUT2D eigenvalue weighted by atomic mass is 35.5. The van der Waals surface area contributed by atoms with Gasteiger partial charge in [-0.2, -0.15) is 5.26 Å². The summed E-state index contributed by atoms with van der Waals surface area (Å²) in [5.41, 5.74) is 5.78. The topological polar surface area (TPSA) is 36.9 Å². The molecule has 4 aromatic carbocycles. The molecule has 132 valence electrons. The molecule has 0 atom stereocenters. The monoisotopic (exact) mass is 379 g/mol. The number of nitrogens with zero attached hydrogens (tertiary/aromatic N) is 1. The lowest BCUT2D eigenvalue weighted by atomic mass is 9.90. The van der Waals surface area contributed by atoms with Crippen molar-refractivity contribution in [1.29, 1.82) is 5.26 Å². The Kier molecular flexibility index (Phi) is 3.90. The van der Waals surface area contributed by atoms with Crippen molar-refractivity contribution in [3.05, 3.63) is 95.5 Å². The first-order chi connectivity index (χ1) is 13.8. The molecule has 5 rings (SSSR count). The molecule has 0 fully saturated rings. The summed E-state index contributed by atoms with van der Waals surface area (Å²) < 4.78 is 6.02. The maximum Gasteiger partial charge on any atom is 0.136 e. The van der Waals surface area contributed by atoms with Crippen LogP contribution in [-0.2, 0) is 0 Å². The minimum atomic E-state index is 0.595. The molecule has 0 N–H and O–H groups in total. The highest BCUT2D eigenvalue weighted by molar-refractivity contribution is 6.31. The summed E-state index contributed by atoms with van der Waals surface area (Å²) in [6, 6.07) is 29.8. The summed E-state index contributed by atoms with van der Waals surface area (Å²) in [6.45, 7) is 0. The fraction of sp³-hybridized carbons (Fsp3) is 0. The highest BCUT2D eigenvalue weighted by Crippen LogP contribution is 2.41. The van der Waals surface area contributed by atoms with Gasteiger partial charge in [0.25, 0.3) is 0 Å². The second kappa shape index (κ2) is 6.56. The Balaban J connectivity index is 1.89. The zero-order valence-corrected chi connectivity index (χ0v) is 15.6. The van der Waals surface area contributed by atoms with Crippen LogP contribution >= 0.6 is 11.6 Å². The number of furan rings is 1. The van der Waals surface area contributed by atoms with E-state index in [0.29, 0.717) is 10.6 Å². The summed E-state index contributed by atoms with van der Waals surface area (Å²) >= 11 is 6.49. The molecule has 5 aromatic rings. The first-order valence-electron chi connectivity index (χ1n) is 8.96. The van der Waals surface area contributed by atoms with Gasteiger partial charge in [-0.25, -0.2) is 0 Å². The third kappa shape index (κ3) is 2.57. The minimum Gasteiger partial charge on any atom is -0.456 e. The van der Waals surface area contributed by atoms with E-state index < -0.39 is 0 Å². The Labute approximate surface area is 167 Å². The molecule has 1 heterocycles. The van der Waals surface area contributed by atoms with Crippen LogP contribution in [0.15, 0.2) is 89.3 Å². The number of halogens is 1. The maximum atomic E-state index is 10.0. The fourth-order valence-corrected chi connectivity index (χ4v) is 4.00. The molecule has 2 nitrogen and oxygen atoms in total. The van der Waals surface area contributed by atoms with Crippen LogP contribution in [0.5, 0.6) is 0 Å². The Morgan fingerprint density at radius 1 is 0.714 bits per heavy atom. The number of hydrogen-bond donors (Lipinski definition) is 0. The van der Waals surface area contributed by atoms with E-state index in [0.717, 1.165) is 44.2 Å². The second-order valence-corrected chi connectivity index (χ2v) is 7.07. The SMILES string of the molecule is N#Cc1c(-c2ccccc2)cc(Cl)cc1-c1cccc2oc3ccccc3c12. The summed E-state index contributed by atoms with van der Waals surface area (Å²) in [6.07, 6.45) is 0. The lowest BCUT2D eigenvalue weighted by molar-refractivity contribution is 0.669. The maximum absolute atomic E-state index is 10.0. The van der Waals surface area contributed by atoms with Gasteiger partial charge in [0.05, 0.1) is 5.56 Å². The third-order valence-corrected chi connectivity index (χ3v) is 5.21. The molecule has 0 amide bonds. The lowest BCUT2D eigenvalue weighted by Gasteiger charge is -2.12. The van der Waals surface area contributed by atoms with E-state index in [1.807, 2.05) is 84.9 Å². The smallest absolute Gasteiger partial charge is 0.136 e. The van der Waals surface area contributed by atoms with Crippen LogP contribution in [0, 0.1) is 11.3 Å². The van der Waals surface area contributed by atoms with Crippen LogP contribution in [0.1, 0.15) is 5.56 Å². The van der Waals surface area contributed by atoms with Crippen LogP contribution in [-0.4, -0.2) is 0 Å². The molecular formula is C25H14ClNO. The Morgan fingerprint density at radius 3 is 2.25 bits per heavy atom. The highest BCUT2D eigenvalue weighted by Gasteiger charge is 2.18. The molecule has 0 saturated carbocycles. The van der Waals surface area contributed by atoms with Gasteiger partial charge in [-0.05, 0) is 35.4 Å². The van der Waals surface area contributed by atoms with E-state index >= 15 is 0 Å². The molecule has 0 spiro atoms. The first kappa shape index (κ1) is 16.6. The lowest BCUT2D eigenvalue weighted by Crippen LogP contribution is -1.91. The van der Waals surface area contributed by atoms with Gasteiger partial charge in [-0.15, -0.1) is 0 Å². The van der Waals surface area contributed by atoms with E-state index in [4.69, 9.17) is 16.0 Å². The first-order valence-corrected chi connectivity index (χ1v) is 9.34. The second-order valence-electron chi connectivity index (χ2n) is 6.63. The van der Waals surface area contributed by atoms with Gasteiger partial charge in [-0.1, -0.05) is 72.3 Å². The van der Waals surface area contributed by atoms with Crippen LogP contribution in [0.4, 0.5) is 0 Å². The zero-order chi connectivity index (χ0) is 19.1. The number of nitriles is 1. The van der Waals surface area contributed by atoms with Gasteiger partial charge in [0, 0.05) is 26.9 Å². The van der Waals surface area contributed by atoms with Crippen molar-refractivity contribution in [2.45, 2.75) is 0 Å². The van der Waals surface area contributed by atoms with Crippen molar-refractivity contribution in [2.24, 2.45) is 0 Å². The van der Waals surface area contributed by atoms with Gasteiger partial charge in [0.2, 0.25) is 0 Å². The van der Waals surface area contributed by atoms with Crippen molar-refractivity contribution in [3.63, 3.8) is 0 Å². The van der Waals surface area contributed by atoms with E-state index in [2.05, 4.69) is 6.07 Å². The number of rotatable bonds is 2. The zero-order valence-electron chi connectivity index (χ0n) is 14.8. The summed E-state index contributed by atoms with van der Waals surface area (Å²) in [5.74, 6) is 0. The third-order valence-electron chi connectivity index (χ3n) is 4.99. The van der Waals surface area contributed by atoms with Gasteiger partial charge < -0.3 is 4.42 Å². The van der Waals surface area contributed by atoms with Crippen molar-refractivity contribution in [3.8, 4) is 28.3 Å². The summed E-state index contributed by atoms with van der Waals surface area (Å²) in [4.78, 5) is 0. The number of benzene rings is 4. The van der Waals surface area contributed by atoms with Crippen LogP contribution < -0.4 is 0 Å². The number of para-hydroxylation sites is 1. The molecule has 0 saturated heterocycles. The summed E-state index contributed by atoms with van der Waals surface area (Å²) in [5, 5.41) is 12.6. The molecule has 0 aliphatic heterocycles. The van der Waals surface area contributed by atoms with E-state index in [1.54, 1.807) is 0 Å². The van der Waals surface area contributed by atoms with Crippen LogP contribution in [0.2, 0.25) is 5.02 Å². The normalized spacial score (nSPS) is 11.0. The molecule has 0 aliphatic carbocycles. The molecule has 3 heteroatoms. The van der Waals surface area contributed by atoms with Crippen LogP contribution in [0.25, 0.3) is 44.2 Å². The van der Waals surface area contributed by atoms with Crippen molar-refractivity contribution in [2.75, 3.05) is 0 Å². The van der Waals surface area contributed by atoms with Gasteiger partial charge >= 0.3 is 0 Å². The number of hydrogen-bond acceptors (Lipinski definition) is 2. The van der Waals surface area contributed by atoms with Crippen molar-refractivity contribution >= 4 is 33.5 Å². The van der Waals surface area contributed by atoms with Crippen molar-refractivity contribution in [1.82, 2.24) is 0 Å². The fourth-order valence-electron chi connectivity index (χ4n) is 3.78. The van der Waals surface area contributed by atoms with Crippen LogP contribution in [0.3, 0.4) is 0 Å². The molecule has 28 heavy (non-hydrogen) atoms.